The second-order valence-electron chi connectivity index (χ2n) is 6.03. The van der Waals surface area contributed by atoms with Crippen LogP contribution in [-0.4, -0.2) is 13.2 Å². The molecule has 3 nitrogen and oxygen atoms in total. The van der Waals surface area contributed by atoms with Crippen molar-refractivity contribution in [2.75, 3.05) is 13.2 Å². The molecule has 0 spiro atoms. The number of ether oxygens (including phenoxy) is 2. The molecule has 0 saturated heterocycles. The van der Waals surface area contributed by atoms with E-state index >= 15 is 0 Å². The van der Waals surface area contributed by atoms with E-state index in [9.17, 15) is 0 Å². The summed E-state index contributed by atoms with van der Waals surface area (Å²) in [6, 6.07) is 16.7. The van der Waals surface area contributed by atoms with Crippen LogP contribution in [0.15, 0.2) is 48.5 Å². The number of rotatable bonds is 2. The lowest BCUT2D eigenvalue weighted by Gasteiger charge is -2.46. The number of benzene rings is 2. The molecule has 0 amide bonds. The fourth-order valence-corrected chi connectivity index (χ4v) is 3.37. The largest absolute Gasteiger partial charge is 0.486 e. The van der Waals surface area contributed by atoms with E-state index in [0.717, 1.165) is 29.9 Å². The molecule has 2 N–H and O–H groups in total. The van der Waals surface area contributed by atoms with Gasteiger partial charge in [-0.15, -0.1) is 0 Å². The molecule has 1 fully saturated rings. The van der Waals surface area contributed by atoms with Gasteiger partial charge in [-0.25, -0.2) is 0 Å². The molecule has 0 bridgehead atoms. The fraction of sp³-hybridized carbons (Fsp3) is 0.333. The molecule has 0 radical (unpaired) electrons. The Hall–Kier alpha value is -2.00. The van der Waals surface area contributed by atoms with E-state index in [4.69, 9.17) is 15.2 Å². The van der Waals surface area contributed by atoms with Crippen LogP contribution in [0.3, 0.4) is 0 Å². The zero-order chi connectivity index (χ0) is 14.3. The van der Waals surface area contributed by atoms with Gasteiger partial charge in [-0.05, 0) is 42.0 Å². The van der Waals surface area contributed by atoms with Crippen molar-refractivity contribution in [2.45, 2.75) is 24.3 Å². The third kappa shape index (κ3) is 2.18. The number of hydrogen-bond acceptors (Lipinski definition) is 3. The molecule has 0 atom stereocenters. The van der Waals surface area contributed by atoms with E-state index in [1.807, 2.05) is 6.07 Å². The van der Waals surface area contributed by atoms with Gasteiger partial charge in [0, 0.05) is 5.54 Å². The molecule has 2 aliphatic rings. The number of fused-ring (bicyclic) bond motifs is 1. The third-order valence-corrected chi connectivity index (χ3v) is 4.61. The molecule has 1 aliphatic carbocycles. The summed E-state index contributed by atoms with van der Waals surface area (Å²) in [5, 5.41) is 0. The molecule has 108 valence electrons. The van der Waals surface area contributed by atoms with Crippen LogP contribution in [0.2, 0.25) is 0 Å². The maximum Gasteiger partial charge on any atom is 0.161 e. The molecule has 3 heteroatoms. The van der Waals surface area contributed by atoms with Gasteiger partial charge >= 0.3 is 0 Å². The van der Waals surface area contributed by atoms with Crippen molar-refractivity contribution in [3.05, 3.63) is 59.7 Å². The minimum atomic E-state index is -0.240. The maximum atomic E-state index is 6.59. The Bertz CT molecular complexity index is 648. The molecule has 1 heterocycles. The van der Waals surface area contributed by atoms with Crippen molar-refractivity contribution in [3.63, 3.8) is 0 Å². The molecular weight excluding hydrogens is 262 g/mol. The van der Waals surface area contributed by atoms with Crippen LogP contribution >= 0.6 is 0 Å². The Labute approximate surface area is 124 Å². The molecule has 2 aromatic carbocycles. The summed E-state index contributed by atoms with van der Waals surface area (Å²) in [5.41, 5.74) is 8.89. The van der Waals surface area contributed by atoms with E-state index in [-0.39, 0.29) is 5.54 Å². The van der Waals surface area contributed by atoms with Gasteiger partial charge in [0.1, 0.15) is 13.2 Å². The highest BCUT2D eigenvalue weighted by atomic mass is 16.6. The first-order valence-corrected chi connectivity index (χ1v) is 7.49. The number of hydrogen-bond donors (Lipinski definition) is 1. The van der Waals surface area contributed by atoms with E-state index in [1.54, 1.807) is 0 Å². The van der Waals surface area contributed by atoms with Crippen LogP contribution in [0.1, 0.15) is 29.9 Å². The van der Waals surface area contributed by atoms with Crippen molar-refractivity contribution in [2.24, 2.45) is 5.73 Å². The Balaban J connectivity index is 1.55. The summed E-state index contributed by atoms with van der Waals surface area (Å²) in [6.07, 6.45) is 1.97. The SMILES string of the molecule is NC1(c2ccc3c(c2)OCCO3)CC(c2ccccc2)C1. The van der Waals surface area contributed by atoms with Gasteiger partial charge in [0.25, 0.3) is 0 Å². The smallest absolute Gasteiger partial charge is 0.161 e. The molecular formula is C18H19NO2. The van der Waals surface area contributed by atoms with Crippen LogP contribution in [0, 0.1) is 0 Å². The van der Waals surface area contributed by atoms with E-state index in [2.05, 4.69) is 42.5 Å². The molecule has 1 aliphatic heterocycles. The lowest BCUT2D eigenvalue weighted by atomic mass is 9.63. The first-order chi connectivity index (χ1) is 10.2. The third-order valence-electron chi connectivity index (χ3n) is 4.61. The lowest BCUT2D eigenvalue weighted by Crippen LogP contribution is -2.47. The van der Waals surface area contributed by atoms with Gasteiger partial charge < -0.3 is 15.2 Å². The van der Waals surface area contributed by atoms with Crippen molar-refractivity contribution in [3.8, 4) is 11.5 Å². The fourth-order valence-electron chi connectivity index (χ4n) is 3.37. The highest BCUT2D eigenvalue weighted by molar-refractivity contribution is 5.47. The summed E-state index contributed by atoms with van der Waals surface area (Å²) >= 11 is 0. The summed E-state index contributed by atoms with van der Waals surface area (Å²) in [4.78, 5) is 0. The Kier molecular flexibility index (Phi) is 2.89. The standard InChI is InChI=1S/C18H19NO2/c19-18(11-14(12-18)13-4-2-1-3-5-13)15-6-7-16-17(10-15)21-9-8-20-16/h1-7,10,14H,8-9,11-12,19H2. The summed E-state index contributed by atoms with van der Waals surface area (Å²) < 4.78 is 11.2. The Morgan fingerprint density at radius 2 is 1.62 bits per heavy atom. The highest BCUT2D eigenvalue weighted by Gasteiger charge is 2.43. The normalized spacial score (nSPS) is 27.0. The minimum absolute atomic E-state index is 0.240. The average molecular weight is 281 g/mol. The molecule has 4 rings (SSSR count). The number of nitrogens with two attached hydrogens (primary N) is 1. The van der Waals surface area contributed by atoms with Crippen LogP contribution in [-0.2, 0) is 5.54 Å². The van der Waals surface area contributed by atoms with Gasteiger partial charge in [0.15, 0.2) is 11.5 Å². The molecule has 2 aromatic rings. The predicted molar refractivity (Wildman–Crippen MR) is 81.7 cm³/mol. The van der Waals surface area contributed by atoms with E-state index in [0.29, 0.717) is 19.1 Å². The van der Waals surface area contributed by atoms with Gasteiger partial charge in [-0.3, -0.25) is 0 Å². The average Bonchev–Trinajstić information content (AvgIpc) is 2.52. The Morgan fingerprint density at radius 3 is 2.38 bits per heavy atom. The molecule has 0 aromatic heterocycles. The van der Waals surface area contributed by atoms with Gasteiger partial charge in [0.2, 0.25) is 0 Å². The van der Waals surface area contributed by atoms with Crippen molar-refractivity contribution in [1.82, 2.24) is 0 Å². The van der Waals surface area contributed by atoms with Crippen molar-refractivity contribution in [1.29, 1.82) is 0 Å². The van der Waals surface area contributed by atoms with Gasteiger partial charge in [-0.1, -0.05) is 36.4 Å². The topological polar surface area (TPSA) is 44.5 Å². The highest BCUT2D eigenvalue weighted by Crippen LogP contribution is 2.50. The first kappa shape index (κ1) is 12.7. The lowest BCUT2D eigenvalue weighted by molar-refractivity contribution is 0.168. The van der Waals surface area contributed by atoms with E-state index < -0.39 is 0 Å². The monoisotopic (exact) mass is 281 g/mol. The van der Waals surface area contributed by atoms with Crippen molar-refractivity contribution >= 4 is 0 Å². The minimum Gasteiger partial charge on any atom is -0.486 e. The van der Waals surface area contributed by atoms with Gasteiger partial charge in [-0.2, -0.15) is 0 Å². The van der Waals surface area contributed by atoms with Crippen LogP contribution < -0.4 is 15.2 Å². The summed E-state index contributed by atoms with van der Waals surface area (Å²) in [6.45, 7) is 1.23. The quantitative estimate of drug-likeness (QED) is 0.919. The first-order valence-electron chi connectivity index (χ1n) is 7.49. The maximum absolute atomic E-state index is 6.59. The predicted octanol–water partition coefficient (Wildman–Crippen LogP) is 3.19. The van der Waals surface area contributed by atoms with Gasteiger partial charge in [0.05, 0.1) is 0 Å². The zero-order valence-electron chi connectivity index (χ0n) is 11.9. The Morgan fingerprint density at radius 1 is 0.905 bits per heavy atom. The second-order valence-corrected chi connectivity index (χ2v) is 6.03. The molecule has 0 unspecified atom stereocenters. The van der Waals surface area contributed by atoms with Crippen LogP contribution in [0.5, 0.6) is 11.5 Å². The van der Waals surface area contributed by atoms with Crippen LogP contribution in [0.4, 0.5) is 0 Å². The van der Waals surface area contributed by atoms with Crippen LogP contribution in [0.25, 0.3) is 0 Å². The zero-order valence-corrected chi connectivity index (χ0v) is 11.9. The summed E-state index contributed by atoms with van der Waals surface area (Å²) in [7, 11) is 0. The molecule has 21 heavy (non-hydrogen) atoms. The second kappa shape index (κ2) is 4.78. The van der Waals surface area contributed by atoms with E-state index in [1.165, 1.54) is 5.56 Å². The molecule has 1 saturated carbocycles. The summed E-state index contributed by atoms with van der Waals surface area (Å²) in [5.74, 6) is 2.21. The van der Waals surface area contributed by atoms with Crippen molar-refractivity contribution < 1.29 is 9.47 Å².